The lowest BCUT2D eigenvalue weighted by Gasteiger charge is -2.21. The third kappa shape index (κ3) is 4.66. The summed E-state index contributed by atoms with van der Waals surface area (Å²) in [5, 5.41) is 4.70. The highest BCUT2D eigenvalue weighted by Crippen LogP contribution is 2.26. The first-order valence-electron chi connectivity index (χ1n) is 9.74. The molecule has 0 saturated heterocycles. The van der Waals surface area contributed by atoms with Gasteiger partial charge in [-0.2, -0.15) is 0 Å². The number of hydrogen-bond acceptors (Lipinski definition) is 7. The van der Waals surface area contributed by atoms with Crippen molar-refractivity contribution in [3.63, 3.8) is 0 Å². The predicted octanol–water partition coefficient (Wildman–Crippen LogP) is 3.76. The number of amides is 1. The second-order valence-electron chi connectivity index (χ2n) is 6.93. The maximum absolute atomic E-state index is 12.4. The SMILES string of the molecule is CC1=CC(C)NN1c1cc(NC(=O)CCOc2ccccc2)nc(-c2ccco2)n1. The van der Waals surface area contributed by atoms with Crippen molar-refractivity contribution in [2.45, 2.75) is 26.3 Å². The van der Waals surface area contributed by atoms with Gasteiger partial charge in [0, 0.05) is 17.8 Å². The molecule has 1 unspecified atom stereocenters. The molecule has 0 spiro atoms. The summed E-state index contributed by atoms with van der Waals surface area (Å²) in [7, 11) is 0. The molecule has 1 aliphatic rings. The zero-order valence-corrected chi connectivity index (χ0v) is 16.8. The molecule has 0 saturated carbocycles. The van der Waals surface area contributed by atoms with Crippen LogP contribution in [0.5, 0.6) is 5.75 Å². The molecule has 1 aliphatic heterocycles. The average molecular weight is 405 g/mol. The minimum atomic E-state index is -0.198. The van der Waals surface area contributed by atoms with Gasteiger partial charge in [0.25, 0.3) is 0 Å². The number of carbonyl (C=O) groups is 1. The lowest BCUT2D eigenvalue weighted by atomic mass is 10.3. The molecule has 2 N–H and O–H groups in total. The summed E-state index contributed by atoms with van der Waals surface area (Å²) in [6.07, 6.45) is 3.85. The van der Waals surface area contributed by atoms with Crippen LogP contribution in [0.2, 0.25) is 0 Å². The molecule has 0 aliphatic carbocycles. The summed E-state index contributed by atoms with van der Waals surface area (Å²) in [5.41, 5.74) is 4.33. The van der Waals surface area contributed by atoms with E-state index >= 15 is 0 Å². The molecule has 3 aromatic rings. The van der Waals surface area contributed by atoms with Crippen LogP contribution in [0.4, 0.5) is 11.6 Å². The molecular weight excluding hydrogens is 382 g/mol. The minimum absolute atomic E-state index is 0.181. The predicted molar refractivity (Wildman–Crippen MR) is 114 cm³/mol. The number of nitrogens with zero attached hydrogens (tertiary/aromatic N) is 3. The molecule has 0 radical (unpaired) electrons. The fourth-order valence-electron chi connectivity index (χ4n) is 3.14. The van der Waals surface area contributed by atoms with Crippen LogP contribution in [0.25, 0.3) is 11.6 Å². The molecule has 1 atom stereocenters. The minimum Gasteiger partial charge on any atom is -0.493 e. The molecule has 154 valence electrons. The van der Waals surface area contributed by atoms with E-state index in [0.29, 0.717) is 23.2 Å². The molecule has 0 fully saturated rings. The second-order valence-corrected chi connectivity index (χ2v) is 6.93. The molecule has 1 amide bonds. The van der Waals surface area contributed by atoms with Gasteiger partial charge in [-0.3, -0.25) is 9.80 Å². The van der Waals surface area contributed by atoms with Crippen LogP contribution in [-0.4, -0.2) is 28.5 Å². The zero-order chi connectivity index (χ0) is 20.9. The van der Waals surface area contributed by atoms with Gasteiger partial charge in [0.05, 0.1) is 19.3 Å². The van der Waals surface area contributed by atoms with Gasteiger partial charge in [-0.25, -0.2) is 15.4 Å². The molecule has 3 heterocycles. The summed E-state index contributed by atoms with van der Waals surface area (Å²) in [4.78, 5) is 21.5. The maximum Gasteiger partial charge on any atom is 0.228 e. The van der Waals surface area contributed by atoms with Crippen molar-refractivity contribution < 1.29 is 13.9 Å². The molecule has 4 rings (SSSR count). The van der Waals surface area contributed by atoms with Crippen molar-refractivity contribution in [2.24, 2.45) is 0 Å². The number of hydrazine groups is 1. The van der Waals surface area contributed by atoms with Crippen LogP contribution >= 0.6 is 0 Å². The third-order valence-corrected chi connectivity index (χ3v) is 4.47. The van der Waals surface area contributed by atoms with Crippen LogP contribution in [-0.2, 0) is 4.79 Å². The Kier molecular flexibility index (Phi) is 5.76. The first kappa shape index (κ1) is 19.7. The number of allylic oxidation sites excluding steroid dienone is 1. The van der Waals surface area contributed by atoms with Crippen LogP contribution in [0.15, 0.2) is 71.0 Å². The van der Waals surface area contributed by atoms with E-state index in [-0.39, 0.29) is 25.0 Å². The zero-order valence-electron chi connectivity index (χ0n) is 16.8. The van der Waals surface area contributed by atoms with Gasteiger partial charge in [-0.15, -0.1) is 0 Å². The lowest BCUT2D eigenvalue weighted by molar-refractivity contribution is -0.116. The number of aromatic nitrogens is 2. The van der Waals surface area contributed by atoms with Crippen molar-refractivity contribution in [3.05, 3.63) is 66.6 Å². The number of ether oxygens (including phenoxy) is 1. The van der Waals surface area contributed by atoms with Gasteiger partial charge >= 0.3 is 0 Å². The Bertz CT molecular complexity index is 1030. The molecule has 2 aromatic heterocycles. The maximum atomic E-state index is 12.4. The lowest BCUT2D eigenvalue weighted by Crippen LogP contribution is -2.36. The summed E-state index contributed by atoms with van der Waals surface area (Å²) in [5.74, 6) is 2.45. The van der Waals surface area contributed by atoms with E-state index in [9.17, 15) is 4.79 Å². The first-order valence-corrected chi connectivity index (χ1v) is 9.74. The van der Waals surface area contributed by atoms with Crippen molar-refractivity contribution in [1.82, 2.24) is 15.4 Å². The number of nitrogens with one attached hydrogen (secondary N) is 2. The molecular formula is C22H23N5O3. The summed E-state index contributed by atoms with van der Waals surface area (Å²) in [6.45, 7) is 4.31. The fourth-order valence-corrected chi connectivity index (χ4v) is 3.14. The van der Waals surface area contributed by atoms with Gasteiger partial charge in [0.1, 0.15) is 11.6 Å². The summed E-state index contributed by atoms with van der Waals surface area (Å²) >= 11 is 0. The number of furan rings is 1. The van der Waals surface area contributed by atoms with Gasteiger partial charge in [0.15, 0.2) is 17.4 Å². The monoisotopic (exact) mass is 405 g/mol. The molecule has 8 nitrogen and oxygen atoms in total. The molecule has 30 heavy (non-hydrogen) atoms. The highest BCUT2D eigenvalue weighted by molar-refractivity contribution is 5.90. The second kappa shape index (κ2) is 8.79. The Labute approximate surface area is 174 Å². The van der Waals surface area contributed by atoms with E-state index in [1.807, 2.05) is 49.2 Å². The number of hydrogen-bond donors (Lipinski definition) is 2. The van der Waals surface area contributed by atoms with E-state index in [0.717, 1.165) is 11.4 Å². The Morgan fingerprint density at radius 1 is 1.23 bits per heavy atom. The Balaban J connectivity index is 1.49. The molecule has 0 bridgehead atoms. The van der Waals surface area contributed by atoms with E-state index in [1.165, 1.54) is 0 Å². The van der Waals surface area contributed by atoms with Crippen LogP contribution < -0.4 is 20.5 Å². The average Bonchev–Trinajstić information content (AvgIpc) is 3.38. The largest absolute Gasteiger partial charge is 0.493 e. The Hall–Kier alpha value is -3.65. The highest BCUT2D eigenvalue weighted by atomic mass is 16.5. The highest BCUT2D eigenvalue weighted by Gasteiger charge is 2.22. The number of para-hydroxylation sites is 1. The Morgan fingerprint density at radius 2 is 2.07 bits per heavy atom. The van der Waals surface area contributed by atoms with Gasteiger partial charge in [-0.1, -0.05) is 18.2 Å². The smallest absolute Gasteiger partial charge is 0.228 e. The van der Waals surface area contributed by atoms with Gasteiger partial charge in [-0.05, 0) is 44.2 Å². The first-order chi connectivity index (χ1) is 14.6. The number of rotatable bonds is 7. The normalized spacial score (nSPS) is 15.7. The van der Waals surface area contributed by atoms with E-state index in [1.54, 1.807) is 24.5 Å². The summed E-state index contributed by atoms with van der Waals surface area (Å²) in [6, 6.07) is 14.8. The quantitative estimate of drug-likeness (QED) is 0.618. The van der Waals surface area contributed by atoms with Crippen LogP contribution in [0.3, 0.4) is 0 Å². The van der Waals surface area contributed by atoms with Crippen molar-refractivity contribution >= 4 is 17.5 Å². The van der Waals surface area contributed by atoms with E-state index < -0.39 is 0 Å². The topological polar surface area (TPSA) is 92.5 Å². The molecule has 1 aromatic carbocycles. The Morgan fingerprint density at radius 3 is 2.77 bits per heavy atom. The number of anilines is 2. The van der Waals surface area contributed by atoms with Gasteiger partial charge in [0.2, 0.25) is 5.91 Å². The van der Waals surface area contributed by atoms with Crippen molar-refractivity contribution in [1.29, 1.82) is 0 Å². The molecule has 8 heteroatoms. The number of benzene rings is 1. The van der Waals surface area contributed by atoms with E-state index in [4.69, 9.17) is 9.15 Å². The van der Waals surface area contributed by atoms with Crippen LogP contribution in [0.1, 0.15) is 20.3 Å². The van der Waals surface area contributed by atoms with Crippen molar-refractivity contribution in [2.75, 3.05) is 16.9 Å². The summed E-state index contributed by atoms with van der Waals surface area (Å²) < 4.78 is 11.0. The third-order valence-electron chi connectivity index (χ3n) is 4.47. The standard InChI is InChI=1S/C22H23N5O3/c1-15-13-16(2)27(26-15)20-14-19(24-22(25-20)18-9-6-11-30-18)23-21(28)10-12-29-17-7-4-3-5-8-17/h3-9,11,13-15,26H,10,12H2,1-2H3,(H,23,24,25,28). The number of carbonyl (C=O) groups excluding carboxylic acids is 1. The van der Waals surface area contributed by atoms with Crippen molar-refractivity contribution in [3.8, 4) is 17.3 Å². The fraction of sp³-hybridized carbons (Fsp3) is 0.227. The van der Waals surface area contributed by atoms with E-state index in [2.05, 4.69) is 26.8 Å². The van der Waals surface area contributed by atoms with Crippen LogP contribution in [0, 0.1) is 0 Å². The van der Waals surface area contributed by atoms with Gasteiger partial charge < -0.3 is 14.5 Å².